The van der Waals surface area contributed by atoms with E-state index in [0.29, 0.717) is 50.6 Å². The monoisotopic (exact) mass is 466 g/mol. The van der Waals surface area contributed by atoms with Gasteiger partial charge in [0.2, 0.25) is 0 Å². The Kier molecular flexibility index (Phi) is 6.08. The maximum absolute atomic E-state index is 13.3. The molecule has 2 aliphatic heterocycles. The first-order valence-corrected chi connectivity index (χ1v) is 11.6. The first-order chi connectivity index (χ1) is 16.4. The van der Waals surface area contributed by atoms with Crippen molar-refractivity contribution in [1.29, 1.82) is 0 Å². The fourth-order valence-electron chi connectivity index (χ4n) is 4.62. The number of aryl methyl sites for hydroxylation is 1. The van der Waals surface area contributed by atoms with Crippen LogP contribution in [0.5, 0.6) is 5.75 Å². The van der Waals surface area contributed by atoms with Crippen molar-refractivity contribution in [2.75, 3.05) is 26.2 Å². The maximum atomic E-state index is 13.3. The number of piperidine rings is 1. The largest absolute Gasteiger partial charge is 0.491 e. The van der Waals surface area contributed by atoms with E-state index < -0.39 is 5.92 Å². The van der Waals surface area contributed by atoms with Crippen LogP contribution in [-0.2, 0) is 20.1 Å². The highest BCUT2D eigenvalue weighted by Crippen LogP contribution is 2.32. The van der Waals surface area contributed by atoms with E-state index in [2.05, 4.69) is 5.10 Å². The van der Waals surface area contributed by atoms with Crippen LogP contribution in [0.4, 0.5) is 8.78 Å². The molecule has 0 saturated carbocycles. The highest BCUT2D eigenvalue weighted by Gasteiger charge is 2.34. The van der Waals surface area contributed by atoms with Crippen molar-refractivity contribution >= 4 is 5.91 Å². The quantitative estimate of drug-likeness (QED) is 0.520. The van der Waals surface area contributed by atoms with Gasteiger partial charge in [-0.3, -0.25) is 14.4 Å². The lowest BCUT2D eigenvalue weighted by atomic mass is 10.1. The normalized spacial score (nSPS) is 17.7. The Hall–Kier alpha value is -3.26. The second-order valence-electron chi connectivity index (χ2n) is 9.10. The number of hydrogen-bond donors (Lipinski definition) is 0. The van der Waals surface area contributed by atoms with E-state index in [4.69, 9.17) is 4.74 Å². The second kappa shape index (κ2) is 9.18. The Balaban J connectivity index is 1.20. The minimum atomic E-state index is -2.55. The zero-order valence-corrected chi connectivity index (χ0v) is 19.2. The van der Waals surface area contributed by atoms with Crippen molar-refractivity contribution in [3.05, 3.63) is 71.5 Å². The average Bonchev–Trinajstić information content (AvgIpc) is 3.39. The lowest BCUT2D eigenvalue weighted by molar-refractivity contribution is -0.0564. The van der Waals surface area contributed by atoms with E-state index in [0.717, 1.165) is 22.3 Å². The van der Waals surface area contributed by atoms with Gasteiger partial charge < -0.3 is 9.64 Å². The fourth-order valence-corrected chi connectivity index (χ4v) is 4.62. The van der Waals surface area contributed by atoms with Gasteiger partial charge in [0.1, 0.15) is 12.4 Å². The van der Waals surface area contributed by atoms with Crippen molar-refractivity contribution in [2.24, 2.45) is 7.05 Å². The van der Waals surface area contributed by atoms with Gasteiger partial charge in [-0.15, -0.1) is 0 Å². The van der Waals surface area contributed by atoms with E-state index >= 15 is 0 Å². The number of alkyl halides is 2. The van der Waals surface area contributed by atoms with Crippen molar-refractivity contribution in [3.8, 4) is 16.9 Å². The molecule has 1 saturated heterocycles. The molecule has 3 aromatic rings. The summed E-state index contributed by atoms with van der Waals surface area (Å²) in [6.07, 6.45) is 3.59. The molecule has 3 heterocycles. The number of benzene rings is 2. The standard InChI is InChI=1S/C26H28F2N4O2/c1-30-17-22(15-29-30)20-7-5-19(6-8-20)16-32-18-21-3-2-4-23(24(21)25(32)33)34-14-13-31-11-9-26(27,28)10-12-31/h2-8,15,17H,9-14,16,18H2,1H3. The first kappa shape index (κ1) is 22.5. The number of amides is 1. The van der Waals surface area contributed by atoms with E-state index in [-0.39, 0.29) is 18.7 Å². The number of fused-ring (bicyclic) bond motifs is 1. The van der Waals surface area contributed by atoms with Crippen LogP contribution < -0.4 is 4.74 Å². The third-order valence-corrected chi connectivity index (χ3v) is 6.59. The molecule has 0 spiro atoms. The molecule has 0 unspecified atom stereocenters. The molecule has 0 aliphatic carbocycles. The summed E-state index contributed by atoms with van der Waals surface area (Å²) >= 11 is 0. The lowest BCUT2D eigenvalue weighted by Gasteiger charge is -2.31. The molecular formula is C26H28F2N4O2. The van der Waals surface area contributed by atoms with Gasteiger partial charge in [-0.05, 0) is 22.8 Å². The van der Waals surface area contributed by atoms with Crippen LogP contribution in [0.25, 0.3) is 11.1 Å². The smallest absolute Gasteiger partial charge is 0.258 e. The summed E-state index contributed by atoms with van der Waals surface area (Å²) < 4.78 is 34.4. The summed E-state index contributed by atoms with van der Waals surface area (Å²) in [4.78, 5) is 17.0. The van der Waals surface area contributed by atoms with Crippen LogP contribution >= 0.6 is 0 Å². The zero-order chi connectivity index (χ0) is 23.7. The number of carbonyl (C=O) groups excluding carboxylic acids is 1. The summed E-state index contributed by atoms with van der Waals surface area (Å²) in [6, 6.07) is 13.8. The molecule has 1 aromatic heterocycles. The third-order valence-electron chi connectivity index (χ3n) is 6.59. The number of ether oxygens (including phenoxy) is 1. The van der Waals surface area contributed by atoms with Gasteiger partial charge in [-0.2, -0.15) is 5.10 Å². The molecule has 2 aromatic carbocycles. The molecule has 6 nitrogen and oxygen atoms in total. The van der Waals surface area contributed by atoms with Crippen LogP contribution in [0.3, 0.4) is 0 Å². The second-order valence-corrected chi connectivity index (χ2v) is 9.10. The van der Waals surface area contributed by atoms with Gasteiger partial charge in [0.15, 0.2) is 0 Å². The summed E-state index contributed by atoms with van der Waals surface area (Å²) in [6.45, 7) is 2.73. The fraction of sp³-hybridized carbons (Fsp3) is 0.385. The van der Waals surface area contributed by atoms with Crippen LogP contribution in [-0.4, -0.2) is 57.7 Å². The number of carbonyl (C=O) groups is 1. The van der Waals surface area contributed by atoms with Gasteiger partial charge in [0.05, 0.1) is 11.8 Å². The molecule has 1 fully saturated rings. The summed E-state index contributed by atoms with van der Waals surface area (Å²) in [5, 5.41) is 4.21. The van der Waals surface area contributed by atoms with E-state index in [9.17, 15) is 13.6 Å². The average molecular weight is 467 g/mol. The van der Waals surface area contributed by atoms with E-state index in [1.807, 2.05) is 71.7 Å². The molecule has 0 atom stereocenters. The van der Waals surface area contributed by atoms with Gasteiger partial charge >= 0.3 is 0 Å². The van der Waals surface area contributed by atoms with Crippen LogP contribution in [0.1, 0.15) is 34.3 Å². The number of nitrogens with zero attached hydrogens (tertiary/aromatic N) is 4. The third kappa shape index (κ3) is 4.82. The Morgan fingerprint density at radius 3 is 2.53 bits per heavy atom. The lowest BCUT2D eigenvalue weighted by Crippen LogP contribution is -2.41. The Labute approximate surface area is 197 Å². The molecule has 1 amide bonds. The van der Waals surface area contributed by atoms with Crippen molar-refractivity contribution in [1.82, 2.24) is 19.6 Å². The summed E-state index contributed by atoms with van der Waals surface area (Å²) in [5.41, 5.74) is 4.75. The summed E-state index contributed by atoms with van der Waals surface area (Å²) in [5.74, 6) is -2.02. The molecule has 2 aliphatic rings. The Bertz CT molecular complexity index is 1170. The van der Waals surface area contributed by atoms with Gasteiger partial charge in [0, 0.05) is 64.4 Å². The molecule has 34 heavy (non-hydrogen) atoms. The molecule has 5 rings (SSSR count). The molecule has 0 N–H and O–H groups in total. The molecule has 0 bridgehead atoms. The minimum Gasteiger partial charge on any atom is -0.491 e. The van der Waals surface area contributed by atoms with Crippen LogP contribution in [0, 0.1) is 0 Å². The van der Waals surface area contributed by atoms with Crippen molar-refractivity contribution in [2.45, 2.75) is 31.9 Å². The summed E-state index contributed by atoms with van der Waals surface area (Å²) in [7, 11) is 1.89. The number of aromatic nitrogens is 2. The van der Waals surface area contributed by atoms with Crippen molar-refractivity contribution < 1.29 is 18.3 Å². The van der Waals surface area contributed by atoms with E-state index in [1.165, 1.54) is 0 Å². The molecule has 178 valence electrons. The Morgan fingerprint density at radius 1 is 1.06 bits per heavy atom. The maximum Gasteiger partial charge on any atom is 0.258 e. The Morgan fingerprint density at radius 2 is 1.82 bits per heavy atom. The van der Waals surface area contributed by atoms with Gasteiger partial charge in [0.25, 0.3) is 11.8 Å². The highest BCUT2D eigenvalue weighted by atomic mass is 19.3. The predicted octanol–water partition coefficient (Wildman–Crippen LogP) is 4.35. The topological polar surface area (TPSA) is 50.6 Å². The molecule has 8 heteroatoms. The molecule has 0 radical (unpaired) electrons. The minimum absolute atomic E-state index is 0.0421. The SMILES string of the molecule is Cn1cc(-c2ccc(CN3Cc4cccc(OCCN5CCC(F)(F)CC5)c4C3=O)cc2)cn1. The number of rotatable bonds is 7. The molecular weight excluding hydrogens is 438 g/mol. The van der Waals surface area contributed by atoms with Crippen molar-refractivity contribution in [3.63, 3.8) is 0 Å². The predicted molar refractivity (Wildman–Crippen MR) is 125 cm³/mol. The number of halogens is 2. The van der Waals surface area contributed by atoms with Crippen LogP contribution in [0.2, 0.25) is 0 Å². The zero-order valence-electron chi connectivity index (χ0n) is 19.2. The number of likely N-dealkylation sites (tertiary alicyclic amines) is 1. The van der Waals surface area contributed by atoms with E-state index in [1.54, 1.807) is 4.68 Å². The van der Waals surface area contributed by atoms with Gasteiger partial charge in [-0.1, -0.05) is 36.4 Å². The number of hydrogen-bond acceptors (Lipinski definition) is 4. The highest BCUT2D eigenvalue weighted by molar-refractivity contribution is 6.01. The van der Waals surface area contributed by atoms with Crippen LogP contribution in [0.15, 0.2) is 54.9 Å². The van der Waals surface area contributed by atoms with Gasteiger partial charge in [-0.25, -0.2) is 8.78 Å². The first-order valence-electron chi connectivity index (χ1n) is 11.6.